The van der Waals surface area contributed by atoms with Gasteiger partial charge in [-0.3, -0.25) is 28.1 Å². The van der Waals surface area contributed by atoms with Gasteiger partial charge in [0.25, 0.3) is 0 Å². The van der Waals surface area contributed by atoms with E-state index in [0.29, 0.717) is 0 Å². The number of fused-ring (bicyclic) bond motifs is 16. The van der Waals surface area contributed by atoms with E-state index in [1.54, 1.807) is 12.4 Å². The zero-order valence-electron chi connectivity index (χ0n) is 72.7. The molecule has 0 aliphatic rings. The normalized spacial score (nSPS) is 11.2. The molecule has 138 heavy (non-hydrogen) atoms. The summed E-state index contributed by atoms with van der Waals surface area (Å²) in [5.74, 6) is 0. The van der Waals surface area contributed by atoms with E-state index in [1.807, 2.05) is 205 Å². The number of hydrogen-bond acceptors (Lipinski definition) is 8. The van der Waals surface area contributed by atoms with Crippen molar-refractivity contribution in [2.75, 3.05) is 0 Å². The van der Waals surface area contributed by atoms with Gasteiger partial charge in [-0.05, 0) is 151 Å². The molecule has 18 nitrogen and oxygen atoms in total. The Labute approximate surface area is 848 Å². The first kappa shape index (κ1) is 88.7. The summed E-state index contributed by atoms with van der Waals surface area (Å²) in [5, 5.41) is 41.0. The molecule has 664 valence electrons. The van der Waals surface area contributed by atoms with Crippen molar-refractivity contribution in [1.29, 1.82) is 0 Å². The van der Waals surface area contributed by atoms with Gasteiger partial charge in [-0.25, -0.2) is 0 Å². The molecular weight excluding hydrogens is 2430 g/mol. The van der Waals surface area contributed by atoms with Crippen LogP contribution in [0.1, 0.15) is 0 Å². The van der Waals surface area contributed by atoms with Gasteiger partial charge in [0.05, 0.1) is 46.9 Å². The van der Waals surface area contributed by atoms with Crippen molar-refractivity contribution >= 4 is 131 Å². The van der Waals surface area contributed by atoms with Crippen LogP contribution < -0.4 is 0 Å². The average Bonchev–Trinajstić information content (AvgIpc) is 1.57. The molecule has 0 atom stereocenters. The number of nitrogens with zero attached hydrogens (tertiary/aromatic N) is 18. The Hall–Kier alpha value is -15.9. The molecule has 0 radical (unpaired) electrons. The van der Waals surface area contributed by atoms with Crippen LogP contribution in [0.2, 0.25) is 0 Å². The van der Waals surface area contributed by atoms with Gasteiger partial charge in [0, 0.05) is 80.8 Å². The van der Waals surface area contributed by atoms with Crippen LogP contribution in [0.5, 0.6) is 0 Å². The largest absolute Gasteiger partial charge is 2.00 e. The second-order valence-corrected chi connectivity index (χ2v) is 32.4. The molecule has 12 aromatic heterocycles. The summed E-state index contributed by atoms with van der Waals surface area (Å²) in [4.78, 5) is 9.04. The standard InChI is InChI=1S/2C30H18N4.2C28H17N5.4Pt/c1-3-13-28-22(8-1)20-32-34(28)24-10-7-9-23(19-24)33-29-14-4-2-11-25(29)26-16-15-21(18-30(26)33)27-12-5-6-17-31-27;1-3-13-28-22(8-1)20-32-34(28)24-15-16-26-25-11-2-4-14-29(25)33(30(26)19-24)23-10-7-9-21(18-23)27-12-5-6-17-31-27;1-3-11-26-20(7-1)19-30-33(26)23-9-5-8-22(17-23)32-27-12-4-2-10-24(27)25-14-13-21(18-28(25)32)31-16-6-15-29-31;1-3-11-26-20(7-1)19-30-33(26)23-13-14-25-24-10-2-4-12-27(24)32(28(25)18-23)22-9-5-8-21(17-22)31-16-6-15-29-31;;;;/h2*1-17,20H;2*1-16,19H;;;;/q4*-2;4*+2. The summed E-state index contributed by atoms with van der Waals surface area (Å²) in [6.07, 6.45) is 18.6. The molecule has 16 aromatic carbocycles. The number of aromatic nitrogens is 18. The fraction of sp³-hybridized carbons (Fsp3) is 0. The van der Waals surface area contributed by atoms with E-state index in [1.165, 1.54) is 21.5 Å². The third-order valence-electron chi connectivity index (χ3n) is 24.5. The maximum Gasteiger partial charge on any atom is 2.00 e. The Balaban J connectivity index is 0.000000109. The molecule has 0 fully saturated rings. The van der Waals surface area contributed by atoms with Gasteiger partial charge in [0.15, 0.2) is 0 Å². The molecule has 0 saturated heterocycles. The van der Waals surface area contributed by atoms with E-state index in [-0.39, 0.29) is 84.3 Å². The van der Waals surface area contributed by atoms with Crippen LogP contribution in [-0.2, 0) is 84.3 Å². The van der Waals surface area contributed by atoms with Crippen molar-refractivity contribution in [2.45, 2.75) is 0 Å². The van der Waals surface area contributed by atoms with Gasteiger partial charge in [0.1, 0.15) is 0 Å². The number of para-hydroxylation sites is 8. The van der Waals surface area contributed by atoms with Crippen LogP contribution in [0.3, 0.4) is 0 Å². The van der Waals surface area contributed by atoms with E-state index < -0.39 is 0 Å². The fourth-order valence-corrected chi connectivity index (χ4v) is 18.4. The summed E-state index contributed by atoms with van der Waals surface area (Å²) >= 11 is 0. The number of hydrogen-bond donors (Lipinski definition) is 0. The second kappa shape index (κ2) is 38.1. The van der Waals surface area contributed by atoms with Crippen LogP contribution in [0.25, 0.3) is 210 Å². The van der Waals surface area contributed by atoms with E-state index in [9.17, 15) is 0 Å². The minimum Gasteiger partial charge on any atom is -0.358 e. The molecule has 0 unspecified atom stereocenters. The molecule has 28 rings (SSSR count). The van der Waals surface area contributed by atoms with Crippen molar-refractivity contribution < 1.29 is 84.3 Å². The summed E-state index contributed by atoms with van der Waals surface area (Å²) in [7, 11) is 0. The van der Waals surface area contributed by atoms with Gasteiger partial charge >= 0.3 is 84.3 Å². The summed E-state index contributed by atoms with van der Waals surface area (Å²) < 4.78 is 20.3. The fourth-order valence-electron chi connectivity index (χ4n) is 18.4. The predicted octanol–water partition coefficient (Wildman–Crippen LogP) is 25.4. The Kier molecular flexibility index (Phi) is 24.5. The van der Waals surface area contributed by atoms with E-state index in [2.05, 4.69) is 344 Å². The van der Waals surface area contributed by atoms with Crippen LogP contribution in [0.15, 0.2) is 426 Å². The number of pyridine rings is 2. The third kappa shape index (κ3) is 16.0. The molecule has 0 spiro atoms. The Bertz CT molecular complexity index is 9330. The first-order chi connectivity index (χ1) is 66.5. The monoisotopic (exact) mass is 2490 g/mol. The molecule has 0 amide bonds. The van der Waals surface area contributed by atoms with Gasteiger partial charge < -0.3 is 28.2 Å². The van der Waals surface area contributed by atoms with E-state index in [4.69, 9.17) is 0 Å². The molecule has 22 heteroatoms. The van der Waals surface area contributed by atoms with E-state index in [0.717, 1.165) is 189 Å². The zero-order valence-corrected chi connectivity index (χ0v) is 81.8. The first-order valence-electron chi connectivity index (χ1n) is 44.0. The summed E-state index contributed by atoms with van der Waals surface area (Å²) in [6, 6.07) is 153. The van der Waals surface area contributed by atoms with Crippen molar-refractivity contribution in [3.63, 3.8) is 0 Å². The van der Waals surface area contributed by atoms with Crippen LogP contribution in [0, 0.1) is 48.5 Å². The van der Waals surface area contributed by atoms with Crippen molar-refractivity contribution in [3.8, 4) is 79.4 Å². The molecule has 0 aliphatic heterocycles. The molecular formula is C116H70N18Pt4. The Morgan fingerprint density at radius 3 is 0.812 bits per heavy atom. The molecule has 0 N–H and O–H groups in total. The zero-order chi connectivity index (χ0) is 88.5. The van der Waals surface area contributed by atoms with E-state index >= 15 is 0 Å². The van der Waals surface area contributed by atoms with Crippen molar-refractivity contribution in [2.24, 2.45) is 0 Å². The van der Waals surface area contributed by atoms with Crippen LogP contribution >= 0.6 is 0 Å². The van der Waals surface area contributed by atoms with Gasteiger partial charge in [-0.1, -0.05) is 209 Å². The second-order valence-electron chi connectivity index (χ2n) is 32.4. The summed E-state index contributed by atoms with van der Waals surface area (Å²) in [6.45, 7) is 0. The smallest absolute Gasteiger partial charge is 0.358 e. The average molecular weight is 2500 g/mol. The molecule has 0 aliphatic carbocycles. The summed E-state index contributed by atoms with van der Waals surface area (Å²) in [5.41, 5.74) is 25.5. The Morgan fingerprint density at radius 2 is 0.449 bits per heavy atom. The number of benzene rings is 16. The third-order valence-corrected chi connectivity index (χ3v) is 24.5. The van der Waals surface area contributed by atoms with Gasteiger partial charge in [0.2, 0.25) is 0 Å². The quantitative estimate of drug-likeness (QED) is 0.110. The minimum atomic E-state index is 0. The topological polar surface area (TPSA) is 152 Å². The van der Waals surface area contributed by atoms with Gasteiger partial charge in [-0.15, -0.1) is 161 Å². The first-order valence-corrected chi connectivity index (χ1v) is 44.0. The molecule has 0 saturated carbocycles. The maximum absolute atomic E-state index is 4.64. The van der Waals surface area contributed by atoms with Gasteiger partial charge in [-0.2, -0.15) is 67.0 Å². The molecule has 0 bridgehead atoms. The van der Waals surface area contributed by atoms with Crippen LogP contribution in [0.4, 0.5) is 0 Å². The van der Waals surface area contributed by atoms with Crippen LogP contribution in [-0.4, -0.2) is 86.9 Å². The molecule has 12 heterocycles. The molecule has 28 aromatic rings. The van der Waals surface area contributed by atoms with Crippen molar-refractivity contribution in [3.05, 3.63) is 474 Å². The Morgan fingerprint density at radius 1 is 0.174 bits per heavy atom. The maximum atomic E-state index is 4.64. The number of rotatable bonds is 12. The predicted molar refractivity (Wildman–Crippen MR) is 533 cm³/mol. The minimum absolute atomic E-state index is 0. The van der Waals surface area contributed by atoms with Crippen molar-refractivity contribution in [1.82, 2.24) is 86.9 Å². The SMILES string of the molecule is [Pt+2].[Pt+2].[Pt+2].[Pt+2].[c-]1c(-c2ccccn2)cccc1-n1c2[c-]c(-n3ncc4ccccc43)ccc2c2ccccc21.[c-]1c(-n2cccn2)cccc1-n1c2[c-]c(-n3ncc4ccccc43)ccc2c2ccccc21.[c-]1c(-n2ncc3ccccc32)cccc1-n1c2[c-]c(-c3ccccn3)ccc2c2ccccc21.[c-]1c(-n2ncc3ccccc32)cccc1-n1c2[c-]c(-n3cccn3)ccc2c2ccccc21.